The lowest BCUT2D eigenvalue weighted by Gasteiger charge is -2.07. The largest absolute Gasteiger partial charge is 0.322 e. The fourth-order valence-corrected chi connectivity index (χ4v) is 2.44. The van der Waals surface area contributed by atoms with E-state index < -0.39 is 0 Å². The number of aryl methyl sites for hydroxylation is 1. The summed E-state index contributed by atoms with van der Waals surface area (Å²) in [7, 11) is 1.88. The highest BCUT2D eigenvalue weighted by Crippen LogP contribution is 2.20. The Kier molecular flexibility index (Phi) is 4.19. The van der Waals surface area contributed by atoms with E-state index in [0.29, 0.717) is 5.56 Å². The number of anilines is 1. The maximum Gasteiger partial charge on any atom is 0.255 e. The van der Waals surface area contributed by atoms with Crippen molar-refractivity contribution in [3.05, 3.63) is 64.0 Å². The summed E-state index contributed by atoms with van der Waals surface area (Å²) >= 11 is 2.21. The lowest BCUT2D eigenvalue weighted by molar-refractivity contribution is 0.102. The van der Waals surface area contributed by atoms with Crippen LogP contribution in [0.5, 0.6) is 0 Å². The molecule has 1 aromatic heterocycles. The number of amides is 1. The number of nitrogens with zero attached hydrogens (tertiary/aromatic N) is 3. The van der Waals surface area contributed by atoms with Gasteiger partial charge in [0.15, 0.2) is 5.82 Å². The molecule has 0 radical (unpaired) electrons. The number of carbonyl (C=O) groups is 1. The van der Waals surface area contributed by atoms with Gasteiger partial charge in [-0.05, 0) is 59.0 Å². The second kappa shape index (κ2) is 6.27. The number of rotatable bonds is 3. The molecule has 6 heteroatoms. The molecule has 0 spiro atoms. The van der Waals surface area contributed by atoms with Crippen LogP contribution in [0.2, 0.25) is 0 Å². The number of halogens is 1. The van der Waals surface area contributed by atoms with Crippen LogP contribution < -0.4 is 5.32 Å². The van der Waals surface area contributed by atoms with Gasteiger partial charge in [0, 0.05) is 27.4 Å². The molecule has 1 N–H and O–H groups in total. The van der Waals surface area contributed by atoms with E-state index in [0.717, 1.165) is 20.6 Å². The summed E-state index contributed by atoms with van der Waals surface area (Å²) in [5.74, 6) is 0.622. The van der Waals surface area contributed by atoms with Crippen LogP contribution in [0.15, 0.2) is 54.9 Å². The zero-order valence-corrected chi connectivity index (χ0v) is 14.0. The van der Waals surface area contributed by atoms with E-state index in [9.17, 15) is 4.79 Å². The molecule has 5 nitrogen and oxygen atoms in total. The lowest BCUT2D eigenvalue weighted by Crippen LogP contribution is -2.11. The van der Waals surface area contributed by atoms with Gasteiger partial charge in [-0.3, -0.25) is 4.79 Å². The Labute approximate surface area is 141 Å². The number of hydrogen-bond donors (Lipinski definition) is 1. The Balaban J connectivity index is 1.82. The third-order valence-electron chi connectivity index (χ3n) is 3.20. The van der Waals surface area contributed by atoms with Gasteiger partial charge in [0.2, 0.25) is 0 Å². The van der Waals surface area contributed by atoms with Crippen LogP contribution >= 0.6 is 22.6 Å². The van der Waals surface area contributed by atoms with E-state index in [4.69, 9.17) is 0 Å². The van der Waals surface area contributed by atoms with Gasteiger partial charge in [-0.25, -0.2) is 0 Å². The summed E-state index contributed by atoms with van der Waals surface area (Å²) in [6.45, 7) is 0. The first-order chi connectivity index (χ1) is 10.6. The summed E-state index contributed by atoms with van der Waals surface area (Å²) in [6, 6.07) is 15.0. The van der Waals surface area contributed by atoms with Crippen molar-refractivity contribution in [3.8, 4) is 11.4 Å². The van der Waals surface area contributed by atoms with Gasteiger partial charge in [-0.2, -0.15) is 0 Å². The summed E-state index contributed by atoms with van der Waals surface area (Å²) in [6.07, 6.45) is 1.65. The maximum atomic E-state index is 12.2. The van der Waals surface area contributed by atoms with E-state index in [2.05, 4.69) is 38.1 Å². The van der Waals surface area contributed by atoms with Crippen molar-refractivity contribution in [2.45, 2.75) is 0 Å². The average Bonchev–Trinajstić information content (AvgIpc) is 2.94. The topological polar surface area (TPSA) is 59.8 Å². The van der Waals surface area contributed by atoms with E-state index in [1.54, 1.807) is 6.33 Å². The van der Waals surface area contributed by atoms with Crippen LogP contribution in [0, 0.1) is 3.57 Å². The number of nitrogens with one attached hydrogen (secondary N) is 1. The molecule has 110 valence electrons. The zero-order chi connectivity index (χ0) is 15.5. The molecule has 0 aliphatic carbocycles. The van der Waals surface area contributed by atoms with Crippen molar-refractivity contribution >= 4 is 34.2 Å². The summed E-state index contributed by atoms with van der Waals surface area (Å²) < 4.78 is 2.93. The van der Waals surface area contributed by atoms with Crippen LogP contribution in [0.3, 0.4) is 0 Å². The smallest absolute Gasteiger partial charge is 0.255 e. The highest BCUT2D eigenvalue weighted by atomic mass is 127. The first-order valence-electron chi connectivity index (χ1n) is 6.65. The lowest BCUT2D eigenvalue weighted by atomic mass is 10.1. The predicted octanol–water partition coefficient (Wildman–Crippen LogP) is 3.34. The molecular weight excluding hydrogens is 391 g/mol. The fraction of sp³-hybridized carbons (Fsp3) is 0.0625. The third kappa shape index (κ3) is 3.16. The first-order valence-corrected chi connectivity index (χ1v) is 7.73. The molecule has 3 aromatic rings. The van der Waals surface area contributed by atoms with Crippen LogP contribution in [0.25, 0.3) is 11.4 Å². The van der Waals surface area contributed by atoms with Crippen molar-refractivity contribution in [3.63, 3.8) is 0 Å². The SMILES string of the molecule is Cn1cnnc1-c1cccc(NC(=O)c2ccc(I)cc2)c1. The van der Waals surface area contributed by atoms with Crippen molar-refractivity contribution in [2.75, 3.05) is 5.32 Å². The standard InChI is InChI=1S/C16H13IN4O/c1-21-10-18-20-15(21)12-3-2-4-14(9-12)19-16(22)11-5-7-13(17)8-6-11/h2-10H,1H3,(H,19,22). The Bertz CT molecular complexity index is 811. The van der Waals surface area contributed by atoms with Crippen molar-refractivity contribution in [2.24, 2.45) is 7.05 Å². The van der Waals surface area contributed by atoms with Gasteiger partial charge in [0.1, 0.15) is 6.33 Å². The van der Waals surface area contributed by atoms with Gasteiger partial charge in [-0.15, -0.1) is 10.2 Å². The van der Waals surface area contributed by atoms with E-state index in [1.165, 1.54) is 0 Å². The van der Waals surface area contributed by atoms with Crippen molar-refractivity contribution in [1.29, 1.82) is 0 Å². The maximum absolute atomic E-state index is 12.2. The molecule has 1 heterocycles. The Hall–Kier alpha value is -2.22. The molecule has 22 heavy (non-hydrogen) atoms. The first kappa shape index (κ1) is 14.7. The highest BCUT2D eigenvalue weighted by Gasteiger charge is 2.08. The van der Waals surface area contributed by atoms with Crippen molar-refractivity contribution in [1.82, 2.24) is 14.8 Å². The minimum absolute atomic E-state index is 0.133. The molecule has 0 saturated carbocycles. The second-order valence-electron chi connectivity index (χ2n) is 4.81. The van der Waals surface area contributed by atoms with Gasteiger partial charge < -0.3 is 9.88 Å². The molecule has 0 saturated heterocycles. The van der Waals surface area contributed by atoms with Gasteiger partial charge in [0.05, 0.1) is 0 Å². The minimum Gasteiger partial charge on any atom is -0.322 e. The van der Waals surface area contributed by atoms with Crippen LogP contribution in [0.1, 0.15) is 10.4 Å². The summed E-state index contributed by atoms with van der Waals surface area (Å²) in [5, 5.41) is 10.8. The van der Waals surface area contributed by atoms with Crippen LogP contribution in [0.4, 0.5) is 5.69 Å². The second-order valence-corrected chi connectivity index (χ2v) is 6.05. The minimum atomic E-state index is -0.133. The fourth-order valence-electron chi connectivity index (χ4n) is 2.09. The highest BCUT2D eigenvalue weighted by molar-refractivity contribution is 14.1. The molecule has 2 aromatic carbocycles. The molecule has 0 fully saturated rings. The number of carbonyl (C=O) groups excluding carboxylic acids is 1. The zero-order valence-electron chi connectivity index (χ0n) is 11.8. The van der Waals surface area contributed by atoms with Gasteiger partial charge in [-0.1, -0.05) is 12.1 Å². The number of hydrogen-bond acceptors (Lipinski definition) is 3. The Morgan fingerprint density at radius 2 is 1.95 bits per heavy atom. The predicted molar refractivity (Wildman–Crippen MR) is 93.6 cm³/mol. The van der Waals surface area contributed by atoms with Gasteiger partial charge >= 0.3 is 0 Å². The number of benzene rings is 2. The summed E-state index contributed by atoms with van der Waals surface area (Å²) in [4.78, 5) is 12.2. The molecule has 0 aliphatic rings. The molecule has 1 amide bonds. The Morgan fingerprint density at radius 1 is 1.18 bits per heavy atom. The van der Waals surface area contributed by atoms with Gasteiger partial charge in [0.25, 0.3) is 5.91 Å². The van der Waals surface area contributed by atoms with Crippen LogP contribution in [-0.2, 0) is 7.05 Å². The molecule has 3 rings (SSSR count). The molecule has 0 atom stereocenters. The molecular formula is C16H13IN4O. The average molecular weight is 404 g/mol. The van der Waals surface area contributed by atoms with E-state index in [-0.39, 0.29) is 5.91 Å². The van der Waals surface area contributed by atoms with Crippen molar-refractivity contribution < 1.29 is 4.79 Å². The molecule has 0 unspecified atom stereocenters. The normalized spacial score (nSPS) is 10.5. The third-order valence-corrected chi connectivity index (χ3v) is 3.92. The molecule has 0 bridgehead atoms. The number of aromatic nitrogens is 3. The quantitative estimate of drug-likeness (QED) is 0.682. The van der Waals surface area contributed by atoms with E-state index in [1.807, 2.05) is 60.1 Å². The van der Waals surface area contributed by atoms with E-state index >= 15 is 0 Å². The summed E-state index contributed by atoms with van der Waals surface area (Å²) in [5.41, 5.74) is 2.26. The Morgan fingerprint density at radius 3 is 2.64 bits per heavy atom. The van der Waals surface area contributed by atoms with Crippen LogP contribution in [-0.4, -0.2) is 20.7 Å². The monoisotopic (exact) mass is 404 g/mol. The molecule has 0 aliphatic heterocycles.